The van der Waals surface area contributed by atoms with Crippen LogP contribution in [0.1, 0.15) is 22.5 Å². The van der Waals surface area contributed by atoms with Gasteiger partial charge in [0.15, 0.2) is 5.78 Å². The Morgan fingerprint density at radius 3 is 2.47 bits per heavy atom. The molecule has 0 aliphatic carbocycles. The van der Waals surface area contributed by atoms with Crippen LogP contribution in [0, 0.1) is 11.6 Å². The van der Waals surface area contributed by atoms with Crippen LogP contribution in [-0.2, 0) is 6.42 Å². The first-order valence-electron chi connectivity index (χ1n) is 5.17. The molecule has 2 nitrogen and oxygen atoms in total. The topological polar surface area (TPSA) is 30.2 Å². The second kappa shape index (κ2) is 4.91. The van der Waals surface area contributed by atoms with Gasteiger partial charge in [-0.25, -0.2) is 8.78 Å². The molecule has 1 heterocycles. The number of halogens is 2. The number of carbonyl (C=O) groups is 1. The van der Waals surface area contributed by atoms with Crippen LogP contribution in [-0.4, -0.2) is 5.78 Å². The molecule has 0 atom stereocenters. The number of hydrogen-bond donors (Lipinski definition) is 0. The van der Waals surface area contributed by atoms with Gasteiger partial charge in [0, 0.05) is 24.5 Å². The van der Waals surface area contributed by atoms with Crippen molar-refractivity contribution in [3.63, 3.8) is 0 Å². The second-order valence-corrected chi connectivity index (χ2v) is 3.66. The molecular formula is C13H10F2O2. The van der Waals surface area contributed by atoms with E-state index >= 15 is 0 Å². The molecule has 0 amide bonds. The highest BCUT2D eigenvalue weighted by atomic mass is 19.1. The average Bonchev–Trinajstić information content (AvgIpc) is 2.77. The van der Waals surface area contributed by atoms with Gasteiger partial charge < -0.3 is 4.42 Å². The summed E-state index contributed by atoms with van der Waals surface area (Å²) in [4.78, 5) is 11.7. The Hall–Kier alpha value is -1.97. The van der Waals surface area contributed by atoms with Gasteiger partial charge >= 0.3 is 0 Å². The summed E-state index contributed by atoms with van der Waals surface area (Å²) in [5.41, 5.74) is 0.0501. The van der Waals surface area contributed by atoms with Crippen molar-refractivity contribution in [1.29, 1.82) is 0 Å². The molecule has 0 radical (unpaired) electrons. The number of rotatable bonds is 4. The van der Waals surface area contributed by atoms with E-state index in [1.807, 2.05) is 0 Å². The van der Waals surface area contributed by atoms with Gasteiger partial charge in [0.05, 0.1) is 6.26 Å². The Morgan fingerprint density at radius 1 is 1.18 bits per heavy atom. The summed E-state index contributed by atoms with van der Waals surface area (Å²) in [6, 6.07) is 6.28. The maximum Gasteiger partial charge on any atom is 0.163 e. The van der Waals surface area contributed by atoms with E-state index in [2.05, 4.69) is 0 Å². The lowest BCUT2D eigenvalue weighted by Crippen LogP contribution is -2.02. The maximum absolute atomic E-state index is 12.9. The van der Waals surface area contributed by atoms with E-state index in [0.29, 0.717) is 12.2 Å². The predicted molar refractivity (Wildman–Crippen MR) is 57.7 cm³/mol. The van der Waals surface area contributed by atoms with Crippen molar-refractivity contribution in [2.75, 3.05) is 0 Å². The van der Waals surface area contributed by atoms with Gasteiger partial charge in [0.25, 0.3) is 0 Å². The van der Waals surface area contributed by atoms with Gasteiger partial charge in [0.1, 0.15) is 17.4 Å². The van der Waals surface area contributed by atoms with E-state index < -0.39 is 11.6 Å². The molecule has 0 aliphatic heterocycles. The quantitative estimate of drug-likeness (QED) is 0.762. The first-order chi connectivity index (χ1) is 8.15. The molecule has 17 heavy (non-hydrogen) atoms. The summed E-state index contributed by atoms with van der Waals surface area (Å²) < 4.78 is 30.8. The van der Waals surface area contributed by atoms with Crippen LogP contribution in [0.3, 0.4) is 0 Å². The fourth-order valence-corrected chi connectivity index (χ4v) is 1.55. The summed E-state index contributed by atoms with van der Waals surface area (Å²) in [5, 5.41) is 0. The first kappa shape index (κ1) is 11.5. The summed E-state index contributed by atoms with van der Waals surface area (Å²) >= 11 is 0. The molecule has 0 fully saturated rings. The second-order valence-electron chi connectivity index (χ2n) is 3.66. The Morgan fingerprint density at radius 2 is 1.88 bits per heavy atom. The molecule has 0 aliphatic rings. The molecule has 0 N–H and O–H groups in total. The molecular weight excluding hydrogens is 226 g/mol. The van der Waals surface area contributed by atoms with E-state index in [1.165, 1.54) is 6.26 Å². The van der Waals surface area contributed by atoms with Crippen molar-refractivity contribution >= 4 is 5.78 Å². The van der Waals surface area contributed by atoms with Crippen molar-refractivity contribution in [1.82, 2.24) is 0 Å². The molecule has 1 aromatic carbocycles. The number of carbonyl (C=O) groups excluding carboxylic acids is 1. The number of ketones is 1. The van der Waals surface area contributed by atoms with Gasteiger partial charge in [-0.1, -0.05) is 0 Å². The lowest BCUT2D eigenvalue weighted by Gasteiger charge is -2.00. The molecule has 0 unspecified atom stereocenters. The van der Waals surface area contributed by atoms with Crippen LogP contribution in [0.2, 0.25) is 0 Å². The van der Waals surface area contributed by atoms with Crippen LogP contribution in [0.25, 0.3) is 0 Å². The standard InChI is InChI=1S/C13H10F2O2/c14-10-6-9(7-11(15)8-10)13(16)4-3-12-2-1-5-17-12/h1-2,5-8H,3-4H2. The lowest BCUT2D eigenvalue weighted by molar-refractivity contribution is 0.0980. The number of Topliss-reactive ketones (excluding diaryl/α,β-unsaturated/α-hetero) is 1. The molecule has 0 saturated carbocycles. The van der Waals surface area contributed by atoms with E-state index in [0.717, 1.165) is 18.2 Å². The zero-order valence-corrected chi connectivity index (χ0v) is 8.95. The number of aryl methyl sites for hydroxylation is 1. The summed E-state index contributed by atoms with van der Waals surface area (Å²) in [6.07, 6.45) is 2.10. The fraction of sp³-hybridized carbons (Fsp3) is 0.154. The lowest BCUT2D eigenvalue weighted by atomic mass is 10.1. The van der Waals surface area contributed by atoms with Crippen LogP contribution in [0.4, 0.5) is 8.78 Å². The van der Waals surface area contributed by atoms with Gasteiger partial charge in [-0.15, -0.1) is 0 Å². The van der Waals surface area contributed by atoms with Crippen LogP contribution in [0.15, 0.2) is 41.0 Å². The van der Waals surface area contributed by atoms with Crippen molar-refractivity contribution in [2.24, 2.45) is 0 Å². The first-order valence-corrected chi connectivity index (χ1v) is 5.17. The van der Waals surface area contributed by atoms with Crippen molar-refractivity contribution in [3.8, 4) is 0 Å². The molecule has 4 heteroatoms. The molecule has 88 valence electrons. The summed E-state index contributed by atoms with van der Waals surface area (Å²) in [7, 11) is 0. The highest BCUT2D eigenvalue weighted by molar-refractivity contribution is 5.96. The summed E-state index contributed by atoms with van der Waals surface area (Å²) in [5.74, 6) is -1.12. The van der Waals surface area contributed by atoms with E-state index in [9.17, 15) is 13.6 Å². The summed E-state index contributed by atoms with van der Waals surface area (Å²) in [6.45, 7) is 0. The number of benzene rings is 1. The largest absolute Gasteiger partial charge is 0.469 e. The van der Waals surface area contributed by atoms with Crippen molar-refractivity contribution in [2.45, 2.75) is 12.8 Å². The van der Waals surface area contributed by atoms with Crippen LogP contribution < -0.4 is 0 Å². The maximum atomic E-state index is 12.9. The molecule has 2 aromatic rings. The Kier molecular flexibility index (Phi) is 3.32. The van der Waals surface area contributed by atoms with Gasteiger partial charge in [-0.2, -0.15) is 0 Å². The van der Waals surface area contributed by atoms with Crippen molar-refractivity contribution in [3.05, 3.63) is 59.6 Å². The molecule has 0 spiro atoms. The minimum Gasteiger partial charge on any atom is -0.469 e. The zero-order valence-electron chi connectivity index (χ0n) is 8.95. The zero-order chi connectivity index (χ0) is 12.3. The fourth-order valence-electron chi connectivity index (χ4n) is 1.55. The minimum atomic E-state index is -0.744. The Bertz CT molecular complexity index is 498. The molecule has 0 bridgehead atoms. The SMILES string of the molecule is O=C(CCc1ccco1)c1cc(F)cc(F)c1. The van der Waals surface area contributed by atoms with Crippen LogP contribution >= 0.6 is 0 Å². The normalized spacial score (nSPS) is 10.5. The van der Waals surface area contributed by atoms with Crippen LogP contribution in [0.5, 0.6) is 0 Å². The molecule has 0 saturated heterocycles. The Labute approximate surface area is 96.9 Å². The minimum absolute atomic E-state index is 0.0501. The van der Waals surface area contributed by atoms with E-state index in [1.54, 1.807) is 12.1 Å². The van der Waals surface area contributed by atoms with Gasteiger partial charge in [0.2, 0.25) is 0 Å². The van der Waals surface area contributed by atoms with E-state index in [4.69, 9.17) is 4.42 Å². The Balaban J connectivity index is 2.04. The third-order valence-electron chi connectivity index (χ3n) is 2.36. The third-order valence-corrected chi connectivity index (χ3v) is 2.36. The number of furan rings is 1. The average molecular weight is 236 g/mol. The smallest absolute Gasteiger partial charge is 0.163 e. The molecule has 1 aromatic heterocycles. The highest BCUT2D eigenvalue weighted by Gasteiger charge is 2.10. The monoisotopic (exact) mass is 236 g/mol. The third kappa shape index (κ3) is 3.00. The van der Waals surface area contributed by atoms with Gasteiger partial charge in [-0.05, 0) is 24.3 Å². The van der Waals surface area contributed by atoms with E-state index in [-0.39, 0.29) is 17.8 Å². The predicted octanol–water partition coefficient (Wildman–Crippen LogP) is 3.37. The number of hydrogen-bond acceptors (Lipinski definition) is 2. The van der Waals surface area contributed by atoms with Gasteiger partial charge in [-0.3, -0.25) is 4.79 Å². The van der Waals surface area contributed by atoms with Crippen molar-refractivity contribution < 1.29 is 18.0 Å². The highest BCUT2D eigenvalue weighted by Crippen LogP contribution is 2.12. The molecule has 2 rings (SSSR count).